The van der Waals surface area contributed by atoms with Gasteiger partial charge in [0.2, 0.25) is 5.88 Å². The first-order valence-corrected chi connectivity index (χ1v) is 7.76. The summed E-state index contributed by atoms with van der Waals surface area (Å²) in [7, 11) is 0. The number of hydrogen-bond donors (Lipinski definition) is 1. The molecule has 1 aliphatic rings. The standard InChI is InChI=1S/C18H11Cl2NO2/c19-13-5-1-11(2-6-13)18(22,12-3-7-14(20)8-4-12)16-15-9-10-21-17(16)23-15/h1-10,22H. The number of halogens is 2. The van der Waals surface area contributed by atoms with Gasteiger partial charge in [0.15, 0.2) is 0 Å². The molecule has 3 aromatic rings. The van der Waals surface area contributed by atoms with E-state index >= 15 is 0 Å². The third-order valence-electron chi connectivity index (χ3n) is 3.97. The predicted octanol–water partition coefficient (Wildman–Crippen LogP) is 4.78. The van der Waals surface area contributed by atoms with Crippen LogP contribution >= 0.6 is 23.2 Å². The number of hydrogen-bond acceptors (Lipinski definition) is 3. The normalized spacial score (nSPS) is 12.5. The van der Waals surface area contributed by atoms with Crippen molar-refractivity contribution < 1.29 is 9.84 Å². The molecule has 1 aromatic heterocycles. The van der Waals surface area contributed by atoms with Crippen molar-refractivity contribution in [2.24, 2.45) is 0 Å². The molecule has 1 N–H and O–H groups in total. The Hall–Kier alpha value is -2.07. The molecule has 0 saturated heterocycles. The Morgan fingerprint density at radius 2 is 1.35 bits per heavy atom. The van der Waals surface area contributed by atoms with Gasteiger partial charge in [0.05, 0.1) is 5.56 Å². The molecule has 0 amide bonds. The van der Waals surface area contributed by atoms with Gasteiger partial charge in [-0.05, 0) is 41.5 Å². The Morgan fingerprint density at radius 1 is 0.826 bits per heavy atom. The molecule has 3 nitrogen and oxygen atoms in total. The summed E-state index contributed by atoms with van der Waals surface area (Å²) >= 11 is 12.0. The van der Waals surface area contributed by atoms with Crippen molar-refractivity contribution in [3.8, 4) is 11.6 Å². The number of aliphatic hydroxyl groups is 1. The first-order valence-electron chi connectivity index (χ1n) is 7.01. The van der Waals surface area contributed by atoms with Gasteiger partial charge in [-0.3, -0.25) is 0 Å². The van der Waals surface area contributed by atoms with E-state index in [4.69, 9.17) is 27.9 Å². The van der Waals surface area contributed by atoms with Crippen molar-refractivity contribution >= 4 is 23.2 Å². The Labute approximate surface area is 143 Å². The van der Waals surface area contributed by atoms with E-state index in [-0.39, 0.29) is 0 Å². The van der Waals surface area contributed by atoms with Crippen LogP contribution < -0.4 is 4.74 Å². The van der Waals surface area contributed by atoms with Gasteiger partial charge in [0.1, 0.15) is 11.4 Å². The second kappa shape index (κ2) is 5.24. The summed E-state index contributed by atoms with van der Waals surface area (Å²) in [6, 6.07) is 15.9. The van der Waals surface area contributed by atoms with Crippen LogP contribution in [0.4, 0.5) is 0 Å². The van der Waals surface area contributed by atoms with Crippen molar-refractivity contribution in [3.63, 3.8) is 0 Å². The van der Waals surface area contributed by atoms with Crippen LogP contribution in [0.15, 0.2) is 60.8 Å². The van der Waals surface area contributed by atoms with Gasteiger partial charge in [-0.25, -0.2) is 4.98 Å². The molecule has 4 rings (SSSR count). The summed E-state index contributed by atoms with van der Waals surface area (Å²) in [5.41, 5.74) is 0.627. The number of rotatable bonds is 3. The Kier molecular flexibility index (Phi) is 3.31. The average Bonchev–Trinajstić information content (AvgIpc) is 2.56. The molecule has 0 spiro atoms. The van der Waals surface area contributed by atoms with E-state index < -0.39 is 5.60 Å². The van der Waals surface area contributed by atoms with Crippen molar-refractivity contribution in [3.05, 3.63) is 87.5 Å². The fraction of sp³-hybridized carbons (Fsp3) is 0.0556. The number of aromatic nitrogens is 1. The van der Waals surface area contributed by atoms with Crippen LogP contribution in [0.3, 0.4) is 0 Å². The Balaban J connectivity index is 1.96. The molecule has 2 bridgehead atoms. The van der Waals surface area contributed by atoms with Crippen LogP contribution in [-0.2, 0) is 5.60 Å². The molecular formula is C18H11Cl2NO2. The quantitative estimate of drug-likeness (QED) is 0.582. The summed E-state index contributed by atoms with van der Waals surface area (Å²) in [4.78, 5) is 4.17. The Bertz CT molecular complexity index is 811. The molecule has 0 radical (unpaired) electrons. The minimum absolute atomic E-state index is 0.426. The molecule has 2 aromatic carbocycles. The SMILES string of the molecule is OC(c1ccc(Cl)cc1)(c1ccc(Cl)cc1)c1c2ccnc1O2. The van der Waals surface area contributed by atoms with Crippen molar-refractivity contribution in [1.82, 2.24) is 4.98 Å². The molecule has 0 unspecified atom stereocenters. The van der Waals surface area contributed by atoms with E-state index in [1.54, 1.807) is 60.8 Å². The van der Waals surface area contributed by atoms with Crippen molar-refractivity contribution in [2.45, 2.75) is 5.60 Å². The van der Waals surface area contributed by atoms with Gasteiger partial charge in [0.25, 0.3) is 0 Å². The fourth-order valence-corrected chi connectivity index (χ4v) is 3.07. The lowest BCUT2D eigenvalue weighted by Crippen LogP contribution is -2.33. The van der Waals surface area contributed by atoms with E-state index in [2.05, 4.69) is 4.98 Å². The van der Waals surface area contributed by atoms with Gasteiger partial charge in [-0.2, -0.15) is 0 Å². The lowest BCUT2D eigenvalue weighted by Gasteiger charge is -2.36. The zero-order valence-corrected chi connectivity index (χ0v) is 13.3. The van der Waals surface area contributed by atoms with Gasteiger partial charge in [0, 0.05) is 16.2 Å². The minimum atomic E-state index is -1.38. The minimum Gasteiger partial charge on any atom is -0.438 e. The summed E-state index contributed by atoms with van der Waals surface area (Å²) in [5, 5.41) is 12.8. The maximum Gasteiger partial charge on any atom is 0.229 e. The third-order valence-corrected chi connectivity index (χ3v) is 4.47. The van der Waals surface area contributed by atoms with Crippen molar-refractivity contribution in [2.75, 3.05) is 0 Å². The smallest absolute Gasteiger partial charge is 0.229 e. The van der Waals surface area contributed by atoms with E-state index in [0.29, 0.717) is 38.4 Å². The van der Waals surface area contributed by atoms with E-state index in [1.165, 1.54) is 0 Å². The summed E-state index contributed by atoms with van der Waals surface area (Å²) in [5.74, 6) is 1.04. The van der Waals surface area contributed by atoms with E-state index in [1.807, 2.05) is 0 Å². The van der Waals surface area contributed by atoms with Crippen LogP contribution in [0.5, 0.6) is 11.6 Å². The number of pyridine rings is 1. The highest BCUT2D eigenvalue weighted by atomic mass is 35.5. The number of fused-ring (bicyclic) bond motifs is 2. The van der Waals surface area contributed by atoms with Crippen LogP contribution in [-0.4, -0.2) is 10.1 Å². The lowest BCUT2D eigenvalue weighted by molar-refractivity contribution is 0.110. The molecule has 0 saturated carbocycles. The topological polar surface area (TPSA) is 42.4 Å². The molecular weight excluding hydrogens is 333 g/mol. The van der Waals surface area contributed by atoms with Gasteiger partial charge in [-0.1, -0.05) is 47.5 Å². The maximum absolute atomic E-state index is 11.6. The molecule has 114 valence electrons. The zero-order chi connectivity index (χ0) is 16.0. The van der Waals surface area contributed by atoms with Crippen LogP contribution in [0.25, 0.3) is 0 Å². The summed E-state index contributed by atoms with van der Waals surface area (Å²) in [6.07, 6.45) is 1.65. The van der Waals surface area contributed by atoms with Crippen LogP contribution in [0.1, 0.15) is 16.7 Å². The largest absolute Gasteiger partial charge is 0.438 e. The molecule has 2 heterocycles. The van der Waals surface area contributed by atoms with Gasteiger partial charge >= 0.3 is 0 Å². The molecule has 1 aliphatic heterocycles. The van der Waals surface area contributed by atoms with Gasteiger partial charge < -0.3 is 9.84 Å². The van der Waals surface area contributed by atoms with Crippen LogP contribution in [0.2, 0.25) is 10.0 Å². The first-order chi connectivity index (χ1) is 11.1. The highest BCUT2D eigenvalue weighted by Gasteiger charge is 2.44. The third kappa shape index (κ3) is 2.20. The predicted molar refractivity (Wildman–Crippen MR) is 89.3 cm³/mol. The van der Waals surface area contributed by atoms with Crippen molar-refractivity contribution in [1.29, 1.82) is 0 Å². The first kappa shape index (κ1) is 14.5. The number of benzene rings is 2. The second-order valence-corrected chi connectivity index (χ2v) is 6.19. The zero-order valence-electron chi connectivity index (χ0n) is 11.8. The van der Waals surface area contributed by atoms with Crippen LogP contribution in [0, 0.1) is 0 Å². The average molecular weight is 344 g/mol. The maximum atomic E-state index is 11.6. The molecule has 5 heteroatoms. The molecule has 0 fully saturated rings. The van der Waals surface area contributed by atoms with E-state index in [9.17, 15) is 5.11 Å². The summed E-state index contributed by atoms with van der Waals surface area (Å²) < 4.78 is 5.45. The number of ether oxygens (including phenoxy) is 1. The lowest BCUT2D eigenvalue weighted by atomic mass is 9.79. The monoisotopic (exact) mass is 343 g/mol. The second-order valence-electron chi connectivity index (χ2n) is 5.32. The fourth-order valence-electron chi connectivity index (χ4n) is 2.82. The highest BCUT2D eigenvalue weighted by Crippen LogP contribution is 2.52. The summed E-state index contributed by atoms with van der Waals surface area (Å²) in [6.45, 7) is 0. The molecule has 23 heavy (non-hydrogen) atoms. The highest BCUT2D eigenvalue weighted by molar-refractivity contribution is 6.30. The van der Waals surface area contributed by atoms with E-state index in [0.717, 1.165) is 0 Å². The number of nitrogens with zero attached hydrogens (tertiary/aromatic N) is 1. The molecule has 0 atom stereocenters. The molecule has 0 aliphatic carbocycles. The van der Waals surface area contributed by atoms with Gasteiger partial charge in [-0.15, -0.1) is 0 Å². The Morgan fingerprint density at radius 3 is 1.74 bits per heavy atom.